The van der Waals surface area contributed by atoms with Gasteiger partial charge in [-0.1, -0.05) is 19.1 Å². The SMILES string of the molecule is CN1CCNc2nc(CCOc3ccc(C4CC4(C)CC(=O)OC(=O)C(F)(F)F)cc3)ccc21. The number of hydrogen-bond acceptors (Lipinski definition) is 7. The molecular weight excluding hydrogens is 451 g/mol. The van der Waals surface area contributed by atoms with E-state index in [0.717, 1.165) is 35.9 Å². The number of aromatic nitrogens is 1. The van der Waals surface area contributed by atoms with Crippen molar-refractivity contribution in [2.75, 3.05) is 37.0 Å². The van der Waals surface area contributed by atoms with Gasteiger partial charge in [0.25, 0.3) is 0 Å². The third-order valence-electron chi connectivity index (χ3n) is 6.33. The fourth-order valence-corrected chi connectivity index (χ4v) is 4.25. The van der Waals surface area contributed by atoms with Crippen LogP contribution in [0.4, 0.5) is 24.7 Å². The van der Waals surface area contributed by atoms with Crippen LogP contribution in [0.1, 0.15) is 36.9 Å². The minimum Gasteiger partial charge on any atom is -0.493 e. The molecule has 1 saturated carbocycles. The van der Waals surface area contributed by atoms with Gasteiger partial charge in [0, 0.05) is 32.3 Å². The fraction of sp³-hybridized carbons (Fsp3) is 0.458. The summed E-state index contributed by atoms with van der Waals surface area (Å²) in [5.41, 5.74) is 2.43. The van der Waals surface area contributed by atoms with Crippen molar-refractivity contribution in [1.82, 2.24) is 4.98 Å². The summed E-state index contributed by atoms with van der Waals surface area (Å²) < 4.78 is 46.5. The summed E-state index contributed by atoms with van der Waals surface area (Å²) in [6, 6.07) is 11.5. The zero-order chi connectivity index (χ0) is 24.5. The number of rotatable bonds is 7. The number of halogens is 3. The first-order valence-corrected chi connectivity index (χ1v) is 11.0. The van der Waals surface area contributed by atoms with Crippen LogP contribution >= 0.6 is 0 Å². The molecule has 2 aromatic rings. The second kappa shape index (κ2) is 9.15. The van der Waals surface area contributed by atoms with Gasteiger partial charge in [-0.3, -0.25) is 4.79 Å². The molecule has 1 fully saturated rings. The molecule has 0 spiro atoms. The Morgan fingerprint density at radius 1 is 1.21 bits per heavy atom. The van der Waals surface area contributed by atoms with Crippen molar-refractivity contribution >= 4 is 23.4 Å². The first-order valence-electron chi connectivity index (χ1n) is 11.0. The van der Waals surface area contributed by atoms with E-state index in [9.17, 15) is 22.8 Å². The van der Waals surface area contributed by atoms with E-state index in [4.69, 9.17) is 4.74 Å². The normalized spacial score (nSPS) is 21.3. The maximum atomic E-state index is 12.3. The van der Waals surface area contributed by atoms with E-state index < -0.39 is 23.5 Å². The standard InChI is InChI=1S/C24H26F3N3O4/c1-23(14-20(31)34-22(32)24(25,26)27)13-18(23)15-3-6-17(7-4-15)33-12-9-16-5-8-19-21(29-16)28-10-11-30(19)2/h3-8,18H,9-14H2,1-2H3,(H,28,29). The van der Waals surface area contributed by atoms with E-state index in [1.54, 1.807) is 6.92 Å². The Morgan fingerprint density at radius 3 is 2.65 bits per heavy atom. The molecule has 0 amide bonds. The molecule has 0 bridgehead atoms. The van der Waals surface area contributed by atoms with Crippen LogP contribution in [0.25, 0.3) is 0 Å². The molecule has 7 nitrogen and oxygen atoms in total. The molecule has 1 aliphatic heterocycles. The van der Waals surface area contributed by atoms with Crippen molar-refractivity contribution in [2.45, 2.75) is 38.3 Å². The molecule has 1 aromatic heterocycles. The van der Waals surface area contributed by atoms with Gasteiger partial charge in [0.2, 0.25) is 0 Å². The van der Waals surface area contributed by atoms with Gasteiger partial charge in [-0.25, -0.2) is 9.78 Å². The highest BCUT2D eigenvalue weighted by atomic mass is 19.4. The average molecular weight is 477 g/mol. The minimum atomic E-state index is -5.18. The van der Waals surface area contributed by atoms with Gasteiger partial charge < -0.3 is 19.7 Å². The zero-order valence-corrected chi connectivity index (χ0v) is 18.9. The number of alkyl halides is 3. The largest absolute Gasteiger partial charge is 0.493 e. The molecule has 2 aliphatic rings. The van der Waals surface area contributed by atoms with Gasteiger partial charge in [-0.2, -0.15) is 13.2 Å². The summed E-state index contributed by atoms with van der Waals surface area (Å²) in [6.07, 6.45) is -4.16. The Labute approximate surface area is 195 Å². The summed E-state index contributed by atoms with van der Waals surface area (Å²) in [7, 11) is 2.04. The van der Waals surface area contributed by atoms with E-state index in [1.165, 1.54) is 0 Å². The van der Waals surface area contributed by atoms with Gasteiger partial charge in [0.15, 0.2) is 0 Å². The third kappa shape index (κ3) is 5.43. The maximum absolute atomic E-state index is 12.3. The number of nitrogens with one attached hydrogen (secondary N) is 1. The van der Waals surface area contributed by atoms with Crippen molar-refractivity contribution in [3.63, 3.8) is 0 Å². The molecule has 4 rings (SSSR count). The van der Waals surface area contributed by atoms with Crippen LogP contribution in [0, 0.1) is 5.41 Å². The predicted molar refractivity (Wildman–Crippen MR) is 119 cm³/mol. The molecular formula is C24H26F3N3O4. The van der Waals surface area contributed by atoms with Gasteiger partial charge in [-0.15, -0.1) is 0 Å². The second-order valence-electron chi connectivity index (χ2n) is 9.03. The first kappa shape index (κ1) is 23.8. The molecule has 2 atom stereocenters. The number of carbonyl (C=O) groups is 2. The number of nitrogens with zero attached hydrogens (tertiary/aromatic N) is 2. The van der Waals surface area contributed by atoms with E-state index >= 15 is 0 Å². The van der Waals surface area contributed by atoms with Gasteiger partial charge in [0.05, 0.1) is 18.7 Å². The predicted octanol–water partition coefficient (Wildman–Crippen LogP) is 4.08. The number of likely N-dealkylation sites (N-methyl/N-ethyl adjacent to an activating group) is 1. The lowest BCUT2D eigenvalue weighted by Gasteiger charge is -2.27. The lowest BCUT2D eigenvalue weighted by atomic mass is 9.97. The summed E-state index contributed by atoms with van der Waals surface area (Å²) in [5.74, 6) is -2.06. The molecule has 2 unspecified atom stereocenters. The van der Waals surface area contributed by atoms with Crippen molar-refractivity contribution < 1.29 is 32.2 Å². The molecule has 10 heteroatoms. The van der Waals surface area contributed by atoms with E-state index in [0.29, 0.717) is 25.2 Å². The van der Waals surface area contributed by atoms with Crippen LogP contribution in [-0.2, 0) is 20.7 Å². The van der Waals surface area contributed by atoms with Gasteiger partial charge >= 0.3 is 18.1 Å². The molecule has 1 aromatic carbocycles. The van der Waals surface area contributed by atoms with Crippen molar-refractivity contribution in [2.24, 2.45) is 5.41 Å². The third-order valence-corrected chi connectivity index (χ3v) is 6.33. The highest BCUT2D eigenvalue weighted by molar-refractivity contribution is 5.89. The number of pyridine rings is 1. The van der Waals surface area contributed by atoms with Crippen molar-refractivity contribution in [1.29, 1.82) is 0 Å². The van der Waals surface area contributed by atoms with Crippen LogP contribution in [0.15, 0.2) is 36.4 Å². The first-order chi connectivity index (χ1) is 16.0. The summed E-state index contributed by atoms with van der Waals surface area (Å²) in [6.45, 7) is 4.05. The molecule has 1 aliphatic carbocycles. The van der Waals surface area contributed by atoms with E-state index in [1.807, 2.05) is 37.4 Å². The fourth-order valence-electron chi connectivity index (χ4n) is 4.25. The minimum absolute atomic E-state index is 0.000385. The number of esters is 2. The van der Waals surface area contributed by atoms with Crippen LogP contribution in [0.3, 0.4) is 0 Å². The van der Waals surface area contributed by atoms with E-state index in [-0.39, 0.29) is 12.3 Å². The quantitative estimate of drug-likeness (QED) is 0.475. The maximum Gasteiger partial charge on any atom is 0.491 e. The van der Waals surface area contributed by atoms with Gasteiger partial charge in [-0.05, 0) is 47.6 Å². The summed E-state index contributed by atoms with van der Waals surface area (Å²) in [4.78, 5) is 29.4. The lowest BCUT2D eigenvalue weighted by Crippen LogP contribution is -2.31. The zero-order valence-electron chi connectivity index (χ0n) is 18.9. The monoisotopic (exact) mass is 477 g/mol. The van der Waals surface area contributed by atoms with Gasteiger partial charge in [0.1, 0.15) is 11.6 Å². The average Bonchev–Trinajstić information content (AvgIpc) is 3.44. The van der Waals surface area contributed by atoms with Crippen molar-refractivity contribution in [3.05, 3.63) is 47.7 Å². The van der Waals surface area contributed by atoms with E-state index in [2.05, 4.69) is 26.0 Å². The number of fused-ring (bicyclic) bond motifs is 1. The van der Waals surface area contributed by atoms with Crippen LogP contribution in [0.5, 0.6) is 5.75 Å². The summed E-state index contributed by atoms with van der Waals surface area (Å²) in [5, 5.41) is 3.31. The number of anilines is 2. The van der Waals surface area contributed by atoms with Crippen LogP contribution < -0.4 is 15.0 Å². The lowest BCUT2D eigenvalue weighted by molar-refractivity contribution is -0.202. The Morgan fingerprint density at radius 2 is 1.94 bits per heavy atom. The van der Waals surface area contributed by atoms with Crippen LogP contribution in [0.2, 0.25) is 0 Å². The number of hydrogen-bond donors (Lipinski definition) is 1. The topological polar surface area (TPSA) is 80.8 Å². The highest BCUT2D eigenvalue weighted by Crippen LogP contribution is 2.61. The molecule has 0 radical (unpaired) electrons. The number of benzene rings is 1. The molecule has 182 valence electrons. The van der Waals surface area contributed by atoms with Crippen molar-refractivity contribution in [3.8, 4) is 5.75 Å². The van der Waals surface area contributed by atoms with Crippen LogP contribution in [-0.4, -0.2) is 49.8 Å². The Hall–Kier alpha value is -3.30. The highest BCUT2D eigenvalue weighted by Gasteiger charge is 2.53. The molecule has 2 heterocycles. The second-order valence-corrected chi connectivity index (χ2v) is 9.03. The number of carbonyl (C=O) groups excluding carboxylic acids is 2. The summed E-state index contributed by atoms with van der Waals surface area (Å²) >= 11 is 0. The Balaban J connectivity index is 1.25. The Bertz CT molecular complexity index is 1070. The number of ether oxygens (including phenoxy) is 2. The molecule has 34 heavy (non-hydrogen) atoms. The Kier molecular flexibility index (Phi) is 6.42. The molecule has 0 saturated heterocycles. The molecule has 1 N–H and O–H groups in total. The smallest absolute Gasteiger partial charge is 0.491 e.